The molecule has 158 valence electrons. The first-order valence-electron chi connectivity index (χ1n) is 8.68. The Labute approximate surface area is 164 Å². The van der Waals surface area contributed by atoms with Crippen molar-refractivity contribution in [3.05, 3.63) is 22.5 Å². The minimum absolute atomic E-state index is 0.0655. The summed E-state index contributed by atoms with van der Waals surface area (Å²) in [6.45, 7) is 5.09. The van der Waals surface area contributed by atoms with Gasteiger partial charge in [0.2, 0.25) is 5.95 Å². The van der Waals surface area contributed by atoms with Gasteiger partial charge in [0.15, 0.2) is 0 Å². The summed E-state index contributed by atoms with van der Waals surface area (Å²) >= 11 is 5.81. The van der Waals surface area contributed by atoms with Crippen molar-refractivity contribution in [2.45, 2.75) is 57.5 Å². The van der Waals surface area contributed by atoms with Crippen molar-refractivity contribution in [2.24, 2.45) is 0 Å². The average molecular weight is 427 g/mol. The fourth-order valence-electron chi connectivity index (χ4n) is 2.76. The van der Waals surface area contributed by atoms with Crippen LogP contribution in [0.3, 0.4) is 0 Å². The Morgan fingerprint density at radius 3 is 2.43 bits per heavy atom. The number of aliphatic hydroxyl groups excluding tert-OH is 1. The second-order valence-electron chi connectivity index (χ2n) is 7.14. The number of anilines is 1. The standard InChI is InChI=1S/C12H13ClF4N4.C5H10O2/c1-5(11(2,3)14)9-7(12(15,16)17)8(13)6-4-19-10(18)20-21(6)9;6-5-2-1-3-7-4-5/h4-5H,1-3H3,(H2,18,20);5-6H,1-4H2. The van der Waals surface area contributed by atoms with E-state index in [2.05, 4.69) is 10.1 Å². The summed E-state index contributed by atoms with van der Waals surface area (Å²) in [7, 11) is 0. The molecule has 28 heavy (non-hydrogen) atoms. The number of nitrogen functional groups attached to an aromatic ring is 1. The molecule has 11 heteroatoms. The van der Waals surface area contributed by atoms with E-state index < -0.39 is 28.3 Å². The predicted molar refractivity (Wildman–Crippen MR) is 97.1 cm³/mol. The summed E-state index contributed by atoms with van der Waals surface area (Å²) in [5.41, 5.74) is 1.96. The van der Waals surface area contributed by atoms with Gasteiger partial charge in [-0.1, -0.05) is 18.5 Å². The molecule has 0 bridgehead atoms. The van der Waals surface area contributed by atoms with Gasteiger partial charge < -0.3 is 15.6 Å². The topological polar surface area (TPSA) is 85.7 Å². The van der Waals surface area contributed by atoms with Crippen LogP contribution in [0.4, 0.5) is 23.5 Å². The highest BCUT2D eigenvalue weighted by atomic mass is 35.5. The normalized spacial score (nSPS) is 19.2. The van der Waals surface area contributed by atoms with E-state index >= 15 is 0 Å². The van der Waals surface area contributed by atoms with Gasteiger partial charge in [0, 0.05) is 12.5 Å². The molecule has 0 amide bonds. The molecule has 0 spiro atoms. The van der Waals surface area contributed by atoms with Crippen molar-refractivity contribution in [1.82, 2.24) is 14.6 Å². The van der Waals surface area contributed by atoms with E-state index in [1.807, 2.05) is 0 Å². The molecule has 1 aliphatic rings. The molecule has 2 aromatic heterocycles. The molecule has 3 N–H and O–H groups in total. The number of rotatable bonds is 2. The largest absolute Gasteiger partial charge is 0.419 e. The maximum absolute atomic E-state index is 14.2. The lowest BCUT2D eigenvalue weighted by atomic mass is 9.89. The van der Waals surface area contributed by atoms with E-state index in [1.165, 1.54) is 20.8 Å². The molecule has 0 saturated carbocycles. The Kier molecular flexibility index (Phi) is 6.78. The van der Waals surface area contributed by atoms with Crippen LogP contribution in [0.1, 0.15) is 50.8 Å². The van der Waals surface area contributed by atoms with Gasteiger partial charge in [0.25, 0.3) is 0 Å². The fraction of sp³-hybridized carbons (Fsp3) is 0.647. The zero-order chi connectivity index (χ0) is 21.3. The van der Waals surface area contributed by atoms with Crippen molar-refractivity contribution in [1.29, 1.82) is 0 Å². The number of nitrogens with two attached hydrogens (primary N) is 1. The van der Waals surface area contributed by atoms with Crippen LogP contribution < -0.4 is 5.73 Å². The minimum Gasteiger partial charge on any atom is -0.391 e. The van der Waals surface area contributed by atoms with Crippen LogP contribution in [0.15, 0.2) is 6.20 Å². The Morgan fingerprint density at radius 1 is 1.36 bits per heavy atom. The van der Waals surface area contributed by atoms with Crippen LogP contribution in [0.25, 0.3) is 5.52 Å². The molecule has 0 aliphatic carbocycles. The number of halogens is 5. The molecule has 0 aromatic carbocycles. The third kappa shape index (κ3) is 5.03. The van der Waals surface area contributed by atoms with Gasteiger partial charge >= 0.3 is 6.18 Å². The number of ether oxygens (including phenoxy) is 1. The quantitative estimate of drug-likeness (QED) is 0.709. The Morgan fingerprint density at radius 2 is 2.00 bits per heavy atom. The van der Waals surface area contributed by atoms with Crippen molar-refractivity contribution in [3.8, 4) is 0 Å². The molecule has 3 rings (SSSR count). The predicted octanol–water partition coefficient (Wildman–Crippen LogP) is 3.99. The van der Waals surface area contributed by atoms with Crippen molar-refractivity contribution < 1.29 is 27.4 Å². The number of aromatic nitrogens is 3. The van der Waals surface area contributed by atoms with Crippen LogP contribution in [0, 0.1) is 0 Å². The molecule has 1 saturated heterocycles. The highest BCUT2D eigenvalue weighted by Gasteiger charge is 2.44. The lowest BCUT2D eigenvalue weighted by molar-refractivity contribution is -0.138. The highest BCUT2D eigenvalue weighted by molar-refractivity contribution is 6.35. The second-order valence-corrected chi connectivity index (χ2v) is 7.52. The molecule has 2 atom stereocenters. The fourth-order valence-corrected chi connectivity index (χ4v) is 3.10. The average Bonchev–Trinajstić information content (AvgIpc) is 2.86. The lowest BCUT2D eigenvalue weighted by Crippen LogP contribution is -2.25. The van der Waals surface area contributed by atoms with Crippen LogP contribution in [-0.2, 0) is 10.9 Å². The van der Waals surface area contributed by atoms with E-state index in [9.17, 15) is 17.6 Å². The zero-order valence-electron chi connectivity index (χ0n) is 15.7. The number of aliphatic hydroxyl groups is 1. The molecule has 1 fully saturated rings. The third-order valence-corrected chi connectivity index (χ3v) is 4.92. The van der Waals surface area contributed by atoms with E-state index in [1.54, 1.807) is 0 Å². The van der Waals surface area contributed by atoms with Gasteiger partial charge in [-0.05, 0) is 26.7 Å². The van der Waals surface area contributed by atoms with Gasteiger partial charge in [0.05, 0.1) is 35.2 Å². The van der Waals surface area contributed by atoms with E-state index in [0.29, 0.717) is 6.61 Å². The minimum atomic E-state index is -4.74. The number of nitrogens with zero attached hydrogens (tertiary/aromatic N) is 3. The number of alkyl halides is 4. The van der Waals surface area contributed by atoms with Crippen molar-refractivity contribution in [3.63, 3.8) is 0 Å². The molecule has 3 heterocycles. The van der Waals surface area contributed by atoms with Crippen LogP contribution in [-0.4, -0.2) is 44.7 Å². The summed E-state index contributed by atoms with van der Waals surface area (Å²) in [5, 5.41) is 12.0. The summed E-state index contributed by atoms with van der Waals surface area (Å²) < 4.78 is 59.9. The van der Waals surface area contributed by atoms with Gasteiger partial charge in [-0.15, -0.1) is 5.10 Å². The number of hydrogen-bond acceptors (Lipinski definition) is 5. The van der Waals surface area contributed by atoms with Crippen molar-refractivity contribution in [2.75, 3.05) is 18.9 Å². The van der Waals surface area contributed by atoms with E-state index in [4.69, 9.17) is 27.2 Å². The summed E-state index contributed by atoms with van der Waals surface area (Å²) in [6.07, 6.45) is -1.91. The molecular weight excluding hydrogens is 404 g/mol. The molecule has 1 aliphatic heterocycles. The number of fused-ring (bicyclic) bond motifs is 1. The van der Waals surface area contributed by atoms with Crippen LogP contribution >= 0.6 is 11.6 Å². The summed E-state index contributed by atoms with van der Waals surface area (Å²) in [4.78, 5) is 3.63. The molecule has 6 nitrogen and oxygen atoms in total. The summed E-state index contributed by atoms with van der Waals surface area (Å²) in [6, 6.07) is 0. The highest BCUT2D eigenvalue weighted by Crippen LogP contribution is 2.45. The zero-order valence-corrected chi connectivity index (χ0v) is 16.5. The molecule has 2 aromatic rings. The third-order valence-electron chi connectivity index (χ3n) is 4.54. The van der Waals surface area contributed by atoms with Gasteiger partial charge in [-0.3, -0.25) is 0 Å². The SMILES string of the molecule is CC(c1c(C(F)(F)F)c(Cl)c2cnc(N)nn12)C(C)(C)F.OC1CCCOC1. The monoisotopic (exact) mass is 426 g/mol. The molecule has 2 unspecified atom stereocenters. The maximum Gasteiger partial charge on any atom is 0.419 e. The van der Waals surface area contributed by atoms with E-state index in [0.717, 1.165) is 30.2 Å². The Bertz CT molecular complexity index is 814. The first-order chi connectivity index (χ1) is 12.8. The van der Waals surface area contributed by atoms with Crippen LogP contribution in [0.5, 0.6) is 0 Å². The Balaban J connectivity index is 0.000000336. The van der Waals surface area contributed by atoms with Crippen molar-refractivity contribution >= 4 is 23.1 Å². The number of hydrogen-bond donors (Lipinski definition) is 2. The molecule has 0 radical (unpaired) electrons. The van der Waals surface area contributed by atoms with Gasteiger partial charge in [-0.25, -0.2) is 13.9 Å². The molecular formula is C17H23ClF4N4O2. The summed E-state index contributed by atoms with van der Waals surface area (Å²) in [5.74, 6) is -1.34. The first-order valence-corrected chi connectivity index (χ1v) is 9.06. The van der Waals surface area contributed by atoms with E-state index in [-0.39, 0.29) is 23.3 Å². The second kappa shape index (κ2) is 8.38. The smallest absolute Gasteiger partial charge is 0.391 e. The van der Waals surface area contributed by atoms with Crippen LogP contribution in [0.2, 0.25) is 5.02 Å². The lowest BCUT2D eigenvalue weighted by Gasteiger charge is -2.24. The van der Waals surface area contributed by atoms with Gasteiger partial charge in [-0.2, -0.15) is 13.2 Å². The van der Waals surface area contributed by atoms with Gasteiger partial charge in [0.1, 0.15) is 11.2 Å². The Hall–Kier alpha value is -1.65. The maximum atomic E-state index is 14.2. The first kappa shape index (κ1) is 22.6.